The van der Waals surface area contributed by atoms with Crippen LogP contribution in [-0.4, -0.2) is 46.4 Å². The molecule has 6 nitrogen and oxygen atoms in total. The van der Waals surface area contributed by atoms with E-state index in [1.165, 1.54) is 0 Å². The van der Waals surface area contributed by atoms with Gasteiger partial charge in [0.2, 0.25) is 5.91 Å². The fourth-order valence-electron chi connectivity index (χ4n) is 4.02. The van der Waals surface area contributed by atoms with Crippen molar-refractivity contribution in [3.63, 3.8) is 0 Å². The molecule has 0 aromatic heterocycles. The van der Waals surface area contributed by atoms with Crippen LogP contribution < -0.4 is 10.1 Å². The monoisotopic (exact) mass is 507 g/mol. The van der Waals surface area contributed by atoms with E-state index in [1.54, 1.807) is 36.3 Å². The molecule has 0 bridgehead atoms. The number of thiocarbonyl (C=S) groups is 1. The summed E-state index contributed by atoms with van der Waals surface area (Å²) in [5.41, 5.74) is 2.69. The molecule has 4 rings (SSSR count). The number of ether oxygens (including phenoxy) is 1. The van der Waals surface area contributed by atoms with E-state index in [9.17, 15) is 9.59 Å². The average Bonchev–Trinajstić information content (AvgIpc) is 3.08. The lowest BCUT2D eigenvalue weighted by molar-refractivity contribution is -0.131. The smallest absolute Gasteiger partial charge is 0.252 e. The number of anilines is 1. The van der Waals surface area contributed by atoms with Gasteiger partial charge in [0.25, 0.3) is 5.91 Å². The minimum absolute atomic E-state index is 0.00307. The first kappa shape index (κ1) is 24.7. The van der Waals surface area contributed by atoms with Gasteiger partial charge in [0.15, 0.2) is 5.11 Å². The van der Waals surface area contributed by atoms with Crippen LogP contribution in [0.4, 0.5) is 5.69 Å². The van der Waals surface area contributed by atoms with Crippen LogP contribution in [0.3, 0.4) is 0 Å². The highest BCUT2D eigenvalue weighted by Gasteiger charge is 2.43. The lowest BCUT2D eigenvalue weighted by Crippen LogP contribution is -2.39. The van der Waals surface area contributed by atoms with Crippen molar-refractivity contribution in [2.45, 2.75) is 25.4 Å². The van der Waals surface area contributed by atoms with Gasteiger partial charge in [0.1, 0.15) is 11.8 Å². The number of nitrogens with one attached hydrogen (secondary N) is 1. The molecule has 2 amide bonds. The Morgan fingerprint density at radius 1 is 1.00 bits per heavy atom. The summed E-state index contributed by atoms with van der Waals surface area (Å²) in [4.78, 5) is 29.8. The molecule has 3 aromatic carbocycles. The second kappa shape index (κ2) is 11.3. The van der Waals surface area contributed by atoms with Gasteiger partial charge in [0, 0.05) is 17.3 Å². The van der Waals surface area contributed by atoms with E-state index in [0.29, 0.717) is 41.1 Å². The first-order valence-corrected chi connectivity index (χ1v) is 12.1. The zero-order valence-electron chi connectivity index (χ0n) is 19.3. The number of halogens is 1. The molecule has 0 aliphatic carbocycles. The van der Waals surface area contributed by atoms with Crippen LogP contribution in [-0.2, 0) is 22.6 Å². The summed E-state index contributed by atoms with van der Waals surface area (Å²) in [5, 5.41) is 3.98. The Morgan fingerprint density at radius 3 is 2.34 bits per heavy atom. The van der Waals surface area contributed by atoms with E-state index in [2.05, 4.69) is 5.32 Å². The predicted molar refractivity (Wildman–Crippen MR) is 141 cm³/mol. The fraction of sp³-hybridized carbons (Fsp3) is 0.222. The van der Waals surface area contributed by atoms with E-state index in [1.807, 2.05) is 59.5 Å². The van der Waals surface area contributed by atoms with Gasteiger partial charge in [-0.2, -0.15) is 0 Å². The third-order valence-electron chi connectivity index (χ3n) is 5.89. The van der Waals surface area contributed by atoms with Crippen LogP contribution >= 0.6 is 23.8 Å². The van der Waals surface area contributed by atoms with Crippen LogP contribution in [0.1, 0.15) is 17.5 Å². The largest absolute Gasteiger partial charge is 0.497 e. The second-order valence-electron chi connectivity index (χ2n) is 8.26. The van der Waals surface area contributed by atoms with Gasteiger partial charge in [-0.25, -0.2) is 0 Å². The number of hydrogen-bond acceptors (Lipinski definition) is 4. The molecule has 8 heteroatoms. The van der Waals surface area contributed by atoms with Gasteiger partial charge >= 0.3 is 0 Å². The third-order valence-corrected chi connectivity index (χ3v) is 6.60. The quantitative estimate of drug-likeness (QED) is 0.417. The molecule has 0 radical (unpaired) electrons. The van der Waals surface area contributed by atoms with Crippen molar-refractivity contribution >= 4 is 46.4 Å². The Morgan fingerprint density at radius 2 is 1.69 bits per heavy atom. The van der Waals surface area contributed by atoms with E-state index >= 15 is 0 Å². The summed E-state index contributed by atoms with van der Waals surface area (Å²) in [5.74, 6) is 0.276. The van der Waals surface area contributed by atoms with Crippen molar-refractivity contribution < 1.29 is 14.3 Å². The van der Waals surface area contributed by atoms with E-state index < -0.39 is 6.04 Å². The van der Waals surface area contributed by atoms with Gasteiger partial charge in [0.05, 0.1) is 20.1 Å². The Bertz CT molecular complexity index is 1190. The maximum Gasteiger partial charge on any atom is 0.252 e. The Kier molecular flexibility index (Phi) is 8.00. The predicted octanol–water partition coefficient (Wildman–Crippen LogP) is 4.92. The zero-order chi connectivity index (χ0) is 24.8. The van der Waals surface area contributed by atoms with Crippen LogP contribution in [0.2, 0.25) is 5.02 Å². The maximum atomic E-state index is 13.4. The van der Waals surface area contributed by atoms with Crippen molar-refractivity contribution in [3.8, 4) is 5.75 Å². The molecule has 180 valence electrons. The molecule has 1 heterocycles. The van der Waals surface area contributed by atoms with Crippen LogP contribution in [0.15, 0.2) is 78.9 Å². The lowest BCUT2D eigenvalue weighted by Gasteiger charge is -2.24. The average molecular weight is 508 g/mol. The highest BCUT2D eigenvalue weighted by atomic mass is 35.5. The Balaban J connectivity index is 1.49. The first-order valence-electron chi connectivity index (χ1n) is 11.3. The lowest BCUT2D eigenvalue weighted by atomic mass is 10.1. The third kappa shape index (κ3) is 6.18. The number of rotatable bonds is 9. The molecule has 1 fully saturated rings. The molecular formula is C27H26ClN3O3S. The summed E-state index contributed by atoms with van der Waals surface area (Å²) >= 11 is 11.7. The topological polar surface area (TPSA) is 61.9 Å². The van der Waals surface area contributed by atoms with Crippen molar-refractivity contribution in [2.75, 3.05) is 19.0 Å². The summed E-state index contributed by atoms with van der Waals surface area (Å²) in [6, 6.07) is 23.7. The number of carbonyl (C=O) groups excluding carboxylic acids is 2. The number of amides is 2. The highest BCUT2D eigenvalue weighted by molar-refractivity contribution is 7.80. The Hall–Kier alpha value is -3.42. The molecule has 0 spiro atoms. The van der Waals surface area contributed by atoms with Gasteiger partial charge in [-0.15, -0.1) is 0 Å². The van der Waals surface area contributed by atoms with Gasteiger partial charge < -0.3 is 15.0 Å². The normalized spacial score (nSPS) is 15.4. The van der Waals surface area contributed by atoms with Crippen LogP contribution in [0.5, 0.6) is 5.75 Å². The van der Waals surface area contributed by atoms with Crippen molar-refractivity contribution in [3.05, 3.63) is 95.0 Å². The summed E-state index contributed by atoms with van der Waals surface area (Å²) in [6.45, 7) is 0.879. The standard InChI is InChI=1S/C27H26ClN3O3S/c1-34-23-13-11-22(12-14-23)29-25(32)17-24-26(33)31(18-20-5-3-2-4-6-20)27(35)30(24)16-15-19-7-9-21(28)10-8-19/h2-14,24H,15-18H2,1H3,(H,29,32)/t24-/m0/s1. The second-order valence-corrected chi connectivity index (χ2v) is 9.06. The summed E-state index contributed by atoms with van der Waals surface area (Å²) < 4.78 is 5.16. The molecule has 1 aliphatic heterocycles. The van der Waals surface area contributed by atoms with Crippen molar-refractivity contribution in [1.29, 1.82) is 0 Å². The first-order chi connectivity index (χ1) is 16.9. The number of benzene rings is 3. The molecule has 35 heavy (non-hydrogen) atoms. The van der Waals surface area contributed by atoms with E-state index in [4.69, 9.17) is 28.6 Å². The number of nitrogens with zero attached hydrogens (tertiary/aromatic N) is 2. The van der Waals surface area contributed by atoms with E-state index in [0.717, 1.165) is 11.1 Å². The van der Waals surface area contributed by atoms with Gasteiger partial charge in [-0.05, 0) is 66.2 Å². The van der Waals surface area contributed by atoms with Gasteiger partial charge in [-0.1, -0.05) is 54.1 Å². The number of carbonyl (C=O) groups is 2. The van der Waals surface area contributed by atoms with Gasteiger partial charge in [-0.3, -0.25) is 14.5 Å². The minimum Gasteiger partial charge on any atom is -0.497 e. The molecule has 1 saturated heterocycles. The minimum atomic E-state index is -0.670. The SMILES string of the molecule is COc1ccc(NC(=O)C[C@H]2C(=O)N(Cc3ccccc3)C(=S)N2CCc2ccc(Cl)cc2)cc1. The Labute approximate surface area is 215 Å². The summed E-state index contributed by atoms with van der Waals surface area (Å²) in [7, 11) is 1.59. The number of methoxy groups -OCH3 is 1. The highest BCUT2D eigenvalue weighted by Crippen LogP contribution is 2.25. The molecule has 0 unspecified atom stereocenters. The zero-order valence-corrected chi connectivity index (χ0v) is 20.9. The fourth-order valence-corrected chi connectivity index (χ4v) is 4.52. The molecule has 1 atom stereocenters. The number of hydrogen-bond donors (Lipinski definition) is 1. The maximum absolute atomic E-state index is 13.4. The van der Waals surface area contributed by atoms with E-state index in [-0.39, 0.29) is 18.2 Å². The van der Waals surface area contributed by atoms with Crippen molar-refractivity contribution in [2.24, 2.45) is 0 Å². The molecule has 1 aliphatic rings. The molecular weight excluding hydrogens is 482 g/mol. The van der Waals surface area contributed by atoms with Crippen LogP contribution in [0, 0.1) is 0 Å². The molecule has 0 saturated carbocycles. The van der Waals surface area contributed by atoms with Crippen LogP contribution in [0.25, 0.3) is 0 Å². The molecule has 1 N–H and O–H groups in total. The van der Waals surface area contributed by atoms with Crippen molar-refractivity contribution in [1.82, 2.24) is 9.80 Å². The molecule has 3 aromatic rings. The summed E-state index contributed by atoms with van der Waals surface area (Å²) in [6.07, 6.45) is 0.664.